The number of anilines is 1. The van der Waals surface area contributed by atoms with Crippen molar-refractivity contribution >= 4 is 47.6 Å². The van der Waals surface area contributed by atoms with Gasteiger partial charge in [0.2, 0.25) is 10.0 Å². The van der Waals surface area contributed by atoms with Crippen LogP contribution in [0.25, 0.3) is 0 Å². The SMILES string of the molecule is CC(CNC1CC1)S(=O)(=O)Nc1c(Br)cccc1Br. The first-order chi connectivity index (χ1) is 8.90. The van der Waals surface area contributed by atoms with Gasteiger partial charge in [0.05, 0.1) is 10.9 Å². The van der Waals surface area contributed by atoms with Crippen molar-refractivity contribution in [3.63, 3.8) is 0 Å². The van der Waals surface area contributed by atoms with E-state index in [4.69, 9.17) is 0 Å². The number of para-hydroxylation sites is 1. The molecule has 2 rings (SSSR count). The number of hydrogen-bond acceptors (Lipinski definition) is 3. The molecule has 1 aromatic rings. The first-order valence-corrected chi connectivity index (χ1v) is 9.22. The van der Waals surface area contributed by atoms with Gasteiger partial charge in [0, 0.05) is 21.5 Å². The smallest absolute Gasteiger partial charge is 0.236 e. The third-order valence-electron chi connectivity index (χ3n) is 3.01. The van der Waals surface area contributed by atoms with Crippen molar-refractivity contribution in [2.45, 2.75) is 31.1 Å². The molecule has 19 heavy (non-hydrogen) atoms. The Balaban J connectivity index is 2.06. The quantitative estimate of drug-likeness (QED) is 0.756. The molecule has 0 aromatic heterocycles. The van der Waals surface area contributed by atoms with Crippen LogP contribution in [0.1, 0.15) is 19.8 Å². The first-order valence-electron chi connectivity index (χ1n) is 6.09. The van der Waals surface area contributed by atoms with Crippen LogP contribution >= 0.6 is 31.9 Å². The highest BCUT2D eigenvalue weighted by Gasteiger charge is 2.26. The van der Waals surface area contributed by atoms with Gasteiger partial charge in [0.15, 0.2) is 0 Å². The largest absolute Gasteiger partial charge is 0.313 e. The molecule has 0 bridgehead atoms. The zero-order chi connectivity index (χ0) is 14.0. The fourth-order valence-corrected chi connectivity index (χ4v) is 4.05. The van der Waals surface area contributed by atoms with Gasteiger partial charge in [-0.25, -0.2) is 8.42 Å². The van der Waals surface area contributed by atoms with E-state index in [1.165, 1.54) is 0 Å². The van der Waals surface area contributed by atoms with Crippen molar-refractivity contribution in [1.29, 1.82) is 0 Å². The Morgan fingerprint density at radius 1 is 1.32 bits per heavy atom. The molecule has 0 amide bonds. The van der Waals surface area contributed by atoms with Crippen LogP contribution in [0.15, 0.2) is 27.1 Å². The van der Waals surface area contributed by atoms with Crippen molar-refractivity contribution in [1.82, 2.24) is 5.32 Å². The minimum Gasteiger partial charge on any atom is -0.313 e. The van der Waals surface area contributed by atoms with E-state index in [1.807, 2.05) is 6.07 Å². The lowest BCUT2D eigenvalue weighted by Crippen LogP contribution is -2.35. The monoisotopic (exact) mass is 410 g/mol. The summed E-state index contributed by atoms with van der Waals surface area (Å²) in [6.45, 7) is 2.19. The van der Waals surface area contributed by atoms with Crippen molar-refractivity contribution < 1.29 is 8.42 Å². The van der Waals surface area contributed by atoms with E-state index in [0.29, 0.717) is 27.2 Å². The zero-order valence-corrected chi connectivity index (χ0v) is 14.5. The van der Waals surface area contributed by atoms with E-state index in [-0.39, 0.29) is 0 Å². The van der Waals surface area contributed by atoms with Crippen molar-refractivity contribution in [3.05, 3.63) is 27.1 Å². The molecular weight excluding hydrogens is 396 g/mol. The first kappa shape index (κ1) is 15.3. The summed E-state index contributed by atoms with van der Waals surface area (Å²) in [6, 6.07) is 5.95. The average molecular weight is 412 g/mol. The van der Waals surface area contributed by atoms with Crippen LogP contribution in [0.3, 0.4) is 0 Å². The lowest BCUT2D eigenvalue weighted by atomic mass is 10.3. The molecule has 0 aliphatic heterocycles. The van der Waals surface area contributed by atoms with Gasteiger partial charge >= 0.3 is 0 Å². The minimum absolute atomic E-state index is 0.474. The summed E-state index contributed by atoms with van der Waals surface area (Å²) in [6.07, 6.45) is 2.30. The van der Waals surface area contributed by atoms with Gasteiger partial charge in [-0.2, -0.15) is 0 Å². The van der Waals surface area contributed by atoms with Crippen LogP contribution in [0.4, 0.5) is 5.69 Å². The second kappa shape index (κ2) is 6.11. The van der Waals surface area contributed by atoms with Crippen molar-refractivity contribution in [2.24, 2.45) is 0 Å². The highest BCUT2D eigenvalue weighted by atomic mass is 79.9. The fraction of sp³-hybridized carbons (Fsp3) is 0.500. The average Bonchev–Trinajstić information content (AvgIpc) is 3.15. The summed E-state index contributed by atoms with van der Waals surface area (Å²) in [5.41, 5.74) is 0.542. The van der Waals surface area contributed by atoms with Crippen LogP contribution in [-0.2, 0) is 10.0 Å². The lowest BCUT2D eigenvalue weighted by Gasteiger charge is -2.17. The summed E-state index contributed by atoms with van der Waals surface area (Å²) in [5.74, 6) is 0. The number of hydrogen-bond donors (Lipinski definition) is 2. The van der Waals surface area contributed by atoms with E-state index >= 15 is 0 Å². The molecule has 2 N–H and O–H groups in total. The predicted octanol–water partition coefficient (Wildman–Crippen LogP) is 3.09. The summed E-state index contributed by atoms with van der Waals surface area (Å²) < 4.78 is 28.6. The molecule has 1 fully saturated rings. The van der Waals surface area contributed by atoms with Gasteiger partial charge in [-0.15, -0.1) is 0 Å². The minimum atomic E-state index is -3.40. The molecular formula is C12H16Br2N2O2S. The predicted molar refractivity (Wildman–Crippen MR) is 84.9 cm³/mol. The molecule has 4 nitrogen and oxygen atoms in total. The maximum Gasteiger partial charge on any atom is 0.236 e. The summed E-state index contributed by atoms with van der Waals surface area (Å²) in [4.78, 5) is 0. The van der Waals surface area contributed by atoms with Crippen molar-refractivity contribution in [3.8, 4) is 0 Å². The zero-order valence-electron chi connectivity index (χ0n) is 10.5. The standard InChI is InChI=1S/C12H16Br2N2O2S/c1-8(7-15-9-5-6-9)19(17,18)16-12-10(13)3-2-4-11(12)14/h2-4,8-9,15-16H,5-7H2,1H3. The maximum absolute atomic E-state index is 12.2. The molecule has 1 aliphatic rings. The Kier molecular flexibility index (Phi) is 4.92. The summed E-state index contributed by atoms with van der Waals surface area (Å²) >= 11 is 6.70. The maximum atomic E-state index is 12.2. The van der Waals surface area contributed by atoms with Crippen LogP contribution < -0.4 is 10.0 Å². The molecule has 1 aromatic carbocycles. The van der Waals surface area contributed by atoms with Gasteiger partial charge in [0.25, 0.3) is 0 Å². The number of benzene rings is 1. The molecule has 1 aliphatic carbocycles. The van der Waals surface area contributed by atoms with Gasteiger partial charge < -0.3 is 5.32 Å². The Morgan fingerprint density at radius 2 is 1.89 bits per heavy atom. The fourth-order valence-electron chi connectivity index (χ4n) is 1.57. The Labute approximate surface area is 130 Å². The third kappa shape index (κ3) is 4.18. The third-order valence-corrected chi connectivity index (χ3v) is 6.04. The van der Waals surface area contributed by atoms with Crippen LogP contribution in [0.5, 0.6) is 0 Å². The Morgan fingerprint density at radius 3 is 2.42 bits per heavy atom. The molecule has 1 unspecified atom stereocenters. The van der Waals surface area contributed by atoms with Crippen LogP contribution in [0, 0.1) is 0 Å². The molecule has 0 spiro atoms. The number of sulfonamides is 1. The summed E-state index contributed by atoms with van der Waals surface area (Å²) in [7, 11) is -3.40. The molecule has 0 radical (unpaired) electrons. The molecule has 1 saturated carbocycles. The number of nitrogens with one attached hydrogen (secondary N) is 2. The van der Waals surface area contributed by atoms with Gasteiger partial charge in [-0.3, -0.25) is 4.72 Å². The topological polar surface area (TPSA) is 58.2 Å². The Hall–Kier alpha value is -0.110. The second-order valence-corrected chi connectivity index (χ2v) is 8.54. The number of halogens is 2. The van der Waals surface area contributed by atoms with Crippen LogP contribution in [0.2, 0.25) is 0 Å². The van der Waals surface area contributed by atoms with E-state index in [0.717, 1.165) is 12.8 Å². The highest BCUT2D eigenvalue weighted by Crippen LogP contribution is 2.31. The van der Waals surface area contributed by atoms with E-state index in [1.54, 1.807) is 19.1 Å². The second-order valence-electron chi connectivity index (χ2n) is 4.74. The van der Waals surface area contributed by atoms with Gasteiger partial charge in [-0.05, 0) is 63.8 Å². The highest BCUT2D eigenvalue weighted by molar-refractivity contribution is 9.11. The van der Waals surface area contributed by atoms with Crippen molar-refractivity contribution in [2.75, 3.05) is 11.3 Å². The number of rotatable bonds is 6. The molecule has 7 heteroatoms. The normalized spacial score (nSPS) is 17.2. The van der Waals surface area contributed by atoms with Gasteiger partial charge in [-0.1, -0.05) is 6.07 Å². The lowest BCUT2D eigenvalue weighted by molar-refractivity contribution is 0.576. The summed E-state index contributed by atoms with van der Waals surface area (Å²) in [5, 5.41) is 2.76. The molecule has 1 atom stereocenters. The van der Waals surface area contributed by atoms with E-state index in [9.17, 15) is 8.42 Å². The van der Waals surface area contributed by atoms with E-state index < -0.39 is 15.3 Å². The van der Waals surface area contributed by atoms with Gasteiger partial charge in [0.1, 0.15) is 0 Å². The molecule has 106 valence electrons. The molecule has 0 heterocycles. The van der Waals surface area contributed by atoms with Crippen LogP contribution in [-0.4, -0.2) is 26.3 Å². The molecule has 0 saturated heterocycles. The Bertz CT molecular complexity index is 539. The van der Waals surface area contributed by atoms with E-state index in [2.05, 4.69) is 41.9 Å².